The first-order chi connectivity index (χ1) is 33.7. The fourth-order valence-electron chi connectivity index (χ4n) is 7.53. The quantitative estimate of drug-likeness (QED) is 0.0234. The first kappa shape index (κ1) is 54.0. The van der Waals surface area contributed by atoms with Crippen LogP contribution in [0.5, 0.6) is 34.5 Å². The van der Waals surface area contributed by atoms with Crippen molar-refractivity contribution in [3.63, 3.8) is 0 Å². The summed E-state index contributed by atoms with van der Waals surface area (Å²) < 4.78 is 34.5. The van der Waals surface area contributed by atoms with Gasteiger partial charge in [-0.15, -0.1) is 0 Å². The van der Waals surface area contributed by atoms with Gasteiger partial charge < -0.3 is 28.4 Å². The van der Waals surface area contributed by atoms with Crippen molar-refractivity contribution in [1.82, 2.24) is 0 Å². The van der Waals surface area contributed by atoms with E-state index >= 15 is 0 Å². The van der Waals surface area contributed by atoms with Crippen molar-refractivity contribution in [2.45, 2.75) is 142 Å². The van der Waals surface area contributed by atoms with Crippen molar-refractivity contribution in [2.24, 2.45) is 0 Å². The molecule has 69 heavy (non-hydrogen) atoms. The lowest BCUT2D eigenvalue weighted by molar-refractivity contribution is 0.0722. The number of hydrogen-bond acceptors (Lipinski definition) is 10. The van der Waals surface area contributed by atoms with Gasteiger partial charge in [-0.05, 0) is 138 Å². The highest BCUT2D eigenvalue weighted by Crippen LogP contribution is 2.31. The van der Waals surface area contributed by atoms with Crippen LogP contribution in [0.15, 0.2) is 120 Å². The molecule has 5 rings (SSSR count). The summed E-state index contributed by atoms with van der Waals surface area (Å²) in [5.41, 5.74) is 1.15. The highest BCUT2D eigenvalue weighted by atomic mass is 79.9. The summed E-state index contributed by atoms with van der Waals surface area (Å²) in [6.45, 7) is 5.76. The third kappa shape index (κ3) is 20.3. The van der Waals surface area contributed by atoms with Gasteiger partial charge in [0.05, 0.1) is 39.9 Å². The van der Waals surface area contributed by atoms with E-state index in [0.29, 0.717) is 40.3 Å². The molecule has 368 valence electrons. The minimum atomic E-state index is -0.681. The van der Waals surface area contributed by atoms with Gasteiger partial charge in [-0.1, -0.05) is 129 Å². The number of benzene rings is 5. The molecule has 0 spiro atoms. The molecule has 0 heterocycles. The molecule has 0 N–H and O–H groups in total. The van der Waals surface area contributed by atoms with Crippen molar-refractivity contribution in [1.29, 1.82) is 0 Å². The van der Waals surface area contributed by atoms with Crippen LogP contribution in [0.25, 0.3) is 0 Å². The summed E-state index contributed by atoms with van der Waals surface area (Å²) in [4.78, 5) is 51.8. The van der Waals surface area contributed by atoms with Crippen molar-refractivity contribution in [3.8, 4) is 34.5 Å². The van der Waals surface area contributed by atoms with Gasteiger partial charge in [0.25, 0.3) is 0 Å². The number of ether oxygens (including phenoxy) is 6. The SMILES string of the molecule is CCCCCCCCCCCCOc1ccc(C(=O)Oc2ccc(C(=O)Oc3ccc(Br)c(OC(=O)c4ccc(OC(=O)c5ccc(OCCCCCCCCCCCC)cc5)cc4)c3)cc2)cc1. The Balaban J connectivity index is 0.992. The Labute approximate surface area is 417 Å². The lowest BCUT2D eigenvalue weighted by Crippen LogP contribution is -2.11. The maximum Gasteiger partial charge on any atom is 0.343 e. The summed E-state index contributed by atoms with van der Waals surface area (Å²) >= 11 is 3.39. The Bertz CT molecular complexity index is 2290. The highest BCUT2D eigenvalue weighted by Gasteiger charge is 2.17. The van der Waals surface area contributed by atoms with Crippen LogP contribution in [0, 0.1) is 0 Å². The zero-order valence-electron chi connectivity index (χ0n) is 40.5. The maximum atomic E-state index is 13.1. The summed E-state index contributed by atoms with van der Waals surface area (Å²) in [5.74, 6) is -0.276. The van der Waals surface area contributed by atoms with Crippen LogP contribution in [0.4, 0.5) is 0 Å². The topological polar surface area (TPSA) is 124 Å². The van der Waals surface area contributed by atoms with Crippen molar-refractivity contribution in [3.05, 3.63) is 142 Å². The number of carbonyl (C=O) groups excluding carboxylic acids is 4. The number of unbranched alkanes of at least 4 members (excludes halogenated alkanes) is 18. The van der Waals surface area contributed by atoms with Gasteiger partial charge in [0.2, 0.25) is 0 Å². The molecule has 0 unspecified atom stereocenters. The predicted octanol–water partition coefficient (Wildman–Crippen LogP) is 15.9. The number of halogens is 1. The second-order valence-corrected chi connectivity index (χ2v) is 18.2. The molecule has 11 heteroatoms. The van der Waals surface area contributed by atoms with Crippen LogP contribution < -0.4 is 28.4 Å². The second-order valence-electron chi connectivity index (χ2n) is 17.3. The van der Waals surface area contributed by atoms with E-state index in [4.69, 9.17) is 28.4 Å². The van der Waals surface area contributed by atoms with Crippen molar-refractivity contribution < 1.29 is 47.6 Å². The first-order valence-corrected chi connectivity index (χ1v) is 25.9. The number of carbonyl (C=O) groups is 4. The van der Waals surface area contributed by atoms with E-state index in [1.807, 2.05) is 0 Å². The highest BCUT2D eigenvalue weighted by molar-refractivity contribution is 9.10. The zero-order chi connectivity index (χ0) is 48.9. The molecule has 0 amide bonds. The number of rotatable bonds is 32. The Morgan fingerprint density at radius 1 is 0.333 bits per heavy atom. The van der Waals surface area contributed by atoms with Gasteiger partial charge in [-0.2, -0.15) is 0 Å². The van der Waals surface area contributed by atoms with Crippen LogP contribution in [0.3, 0.4) is 0 Å². The second kappa shape index (κ2) is 31.2. The molecule has 0 aromatic heterocycles. The lowest BCUT2D eigenvalue weighted by Gasteiger charge is -2.10. The first-order valence-electron chi connectivity index (χ1n) is 25.1. The zero-order valence-corrected chi connectivity index (χ0v) is 42.1. The third-order valence-electron chi connectivity index (χ3n) is 11.6. The van der Waals surface area contributed by atoms with Gasteiger partial charge in [-0.3, -0.25) is 0 Å². The van der Waals surface area contributed by atoms with Crippen LogP contribution in [0.2, 0.25) is 0 Å². The molecule has 0 aliphatic rings. The molecular weight excluding hydrogens is 937 g/mol. The average molecular weight is 1010 g/mol. The van der Waals surface area contributed by atoms with Crippen LogP contribution >= 0.6 is 15.9 Å². The Hall–Kier alpha value is -5.94. The average Bonchev–Trinajstić information content (AvgIpc) is 3.36. The molecule has 0 aliphatic heterocycles. The molecule has 5 aromatic rings. The molecule has 0 aliphatic carbocycles. The molecule has 10 nitrogen and oxygen atoms in total. The summed E-state index contributed by atoms with van der Waals surface area (Å²) in [6, 6.07) is 30.2. The smallest absolute Gasteiger partial charge is 0.343 e. The molecule has 0 bridgehead atoms. The Kier molecular flexibility index (Phi) is 24.5. The Morgan fingerprint density at radius 3 is 0.957 bits per heavy atom. The van der Waals surface area contributed by atoms with E-state index in [-0.39, 0.29) is 34.1 Å². The molecule has 0 radical (unpaired) electrons. The fraction of sp³-hybridized carbons (Fsp3) is 0.414. The minimum Gasteiger partial charge on any atom is -0.494 e. The van der Waals surface area contributed by atoms with Gasteiger partial charge >= 0.3 is 23.9 Å². The summed E-state index contributed by atoms with van der Waals surface area (Å²) in [7, 11) is 0. The largest absolute Gasteiger partial charge is 0.494 e. The van der Waals surface area contributed by atoms with Crippen molar-refractivity contribution >= 4 is 39.8 Å². The molecule has 0 atom stereocenters. The van der Waals surface area contributed by atoms with Crippen LogP contribution in [0.1, 0.15) is 184 Å². The minimum absolute atomic E-state index is 0.118. The van der Waals surface area contributed by atoms with E-state index in [9.17, 15) is 19.2 Å². The third-order valence-corrected chi connectivity index (χ3v) is 12.3. The van der Waals surface area contributed by atoms with Crippen molar-refractivity contribution in [2.75, 3.05) is 13.2 Å². The van der Waals surface area contributed by atoms with Gasteiger partial charge in [-0.25, -0.2) is 19.2 Å². The Morgan fingerprint density at radius 2 is 0.609 bits per heavy atom. The van der Waals surface area contributed by atoms with Crippen LogP contribution in [-0.2, 0) is 0 Å². The van der Waals surface area contributed by atoms with E-state index in [0.717, 1.165) is 25.7 Å². The van der Waals surface area contributed by atoms with Crippen LogP contribution in [-0.4, -0.2) is 37.1 Å². The molecular formula is C58H69BrO10. The lowest BCUT2D eigenvalue weighted by atomic mass is 10.1. The van der Waals surface area contributed by atoms with E-state index in [2.05, 4.69) is 29.8 Å². The maximum absolute atomic E-state index is 13.1. The number of hydrogen-bond donors (Lipinski definition) is 0. The molecule has 5 aromatic carbocycles. The van der Waals surface area contributed by atoms with E-state index in [1.54, 1.807) is 60.7 Å². The summed E-state index contributed by atoms with van der Waals surface area (Å²) in [6.07, 6.45) is 25.2. The normalized spacial score (nSPS) is 10.9. The van der Waals surface area contributed by atoms with Gasteiger partial charge in [0.15, 0.2) is 0 Å². The molecule has 0 saturated carbocycles. The molecule has 0 fully saturated rings. The monoisotopic (exact) mass is 1000 g/mol. The van der Waals surface area contributed by atoms with E-state index < -0.39 is 23.9 Å². The number of esters is 4. The van der Waals surface area contributed by atoms with Gasteiger partial charge in [0.1, 0.15) is 34.5 Å². The standard InChI is InChI=1S/C58H69BrO10/c1-3-5-7-9-11-13-15-17-19-21-41-64-48-31-23-44(24-32-48)55(60)66-50-35-27-46(28-36-50)57(62)68-52-39-40-53(59)54(43-52)69-58(63)47-29-37-51(38-30-47)67-56(61)45-25-33-49(34-26-45)65-42-22-20-18-16-14-12-10-8-6-4-2/h23-40,43H,3-22,41-42H2,1-2H3. The predicted molar refractivity (Wildman–Crippen MR) is 274 cm³/mol. The van der Waals surface area contributed by atoms with E-state index in [1.165, 1.54) is 157 Å². The fourth-order valence-corrected chi connectivity index (χ4v) is 7.86. The summed E-state index contributed by atoms with van der Waals surface area (Å²) in [5, 5.41) is 0. The van der Waals surface area contributed by atoms with Gasteiger partial charge in [0, 0.05) is 6.07 Å². The molecule has 0 saturated heterocycles.